The fraction of sp³-hybridized carbons (Fsp3) is 0.647. The van der Waals surface area contributed by atoms with Gasteiger partial charge in [-0.05, 0) is 51.1 Å². The van der Waals surface area contributed by atoms with Gasteiger partial charge < -0.3 is 14.5 Å². The molecule has 2 atom stereocenters. The van der Waals surface area contributed by atoms with Crippen molar-refractivity contribution in [3.63, 3.8) is 0 Å². The summed E-state index contributed by atoms with van der Waals surface area (Å²) >= 11 is 0. The molecule has 3 nitrogen and oxygen atoms in total. The van der Waals surface area contributed by atoms with Crippen LogP contribution >= 0.6 is 0 Å². The molecule has 0 aromatic heterocycles. The van der Waals surface area contributed by atoms with Crippen LogP contribution in [-0.4, -0.2) is 44.0 Å². The predicted molar refractivity (Wildman–Crippen MR) is 88.0 cm³/mol. The van der Waals surface area contributed by atoms with Gasteiger partial charge in [-0.1, -0.05) is 13.8 Å². The van der Waals surface area contributed by atoms with Gasteiger partial charge in [-0.15, -0.1) is 13.2 Å². The Hall–Kier alpha value is -1.43. The van der Waals surface area contributed by atoms with Crippen LogP contribution in [0.2, 0.25) is 0 Å². The molecule has 1 aromatic carbocycles. The van der Waals surface area contributed by atoms with Crippen LogP contribution in [0.4, 0.5) is 18.9 Å². The van der Waals surface area contributed by atoms with Crippen LogP contribution in [0.1, 0.15) is 33.6 Å². The lowest BCUT2D eigenvalue weighted by Gasteiger charge is -2.40. The molecule has 0 spiro atoms. The zero-order chi connectivity index (χ0) is 17.6. The minimum atomic E-state index is -4.64. The van der Waals surface area contributed by atoms with Crippen molar-refractivity contribution >= 4 is 5.69 Å². The number of alkyl halides is 3. The molecule has 1 fully saturated rings. The van der Waals surface area contributed by atoms with Crippen molar-refractivity contribution in [2.45, 2.75) is 52.1 Å². The number of likely N-dealkylation sites (tertiary alicyclic amines) is 1. The second-order valence-corrected chi connectivity index (χ2v) is 5.66. The normalized spacial score (nSPS) is 22.1. The standard InChI is InChI=1S/C15H21F3N2O.C2H6/c1-11-10-13(8-9-19(11)2)20(3)12-4-6-14(7-5-12)21-15(16,17)18;1-2/h4-7,11,13H,8-10H2,1-3H3;1-2H3. The molecule has 0 aliphatic carbocycles. The molecular weight excluding hydrogens is 305 g/mol. The SMILES string of the molecule is CC.CC1CC(N(C)c2ccc(OC(F)(F)F)cc2)CCN1C. The monoisotopic (exact) mass is 332 g/mol. The van der Waals surface area contributed by atoms with Crippen LogP contribution < -0.4 is 9.64 Å². The molecule has 1 aliphatic rings. The van der Waals surface area contributed by atoms with Gasteiger partial charge in [0.1, 0.15) is 5.75 Å². The largest absolute Gasteiger partial charge is 0.573 e. The number of anilines is 1. The molecule has 1 heterocycles. The Labute approximate surface area is 137 Å². The van der Waals surface area contributed by atoms with Gasteiger partial charge in [-0.3, -0.25) is 0 Å². The molecule has 1 aromatic rings. The highest BCUT2D eigenvalue weighted by molar-refractivity contribution is 5.49. The maximum atomic E-state index is 12.1. The van der Waals surface area contributed by atoms with Gasteiger partial charge in [0, 0.05) is 31.4 Å². The smallest absolute Gasteiger partial charge is 0.406 e. The van der Waals surface area contributed by atoms with Crippen LogP contribution in [0.15, 0.2) is 24.3 Å². The lowest BCUT2D eigenvalue weighted by molar-refractivity contribution is -0.274. The van der Waals surface area contributed by atoms with Gasteiger partial charge in [-0.2, -0.15) is 0 Å². The Kier molecular flexibility index (Phi) is 7.19. The van der Waals surface area contributed by atoms with Crippen LogP contribution in [0.3, 0.4) is 0 Å². The third kappa shape index (κ3) is 5.94. The first-order valence-electron chi connectivity index (χ1n) is 8.05. The van der Waals surface area contributed by atoms with Crippen molar-refractivity contribution in [2.75, 3.05) is 25.5 Å². The summed E-state index contributed by atoms with van der Waals surface area (Å²) in [7, 11) is 4.10. The molecule has 1 saturated heterocycles. The Balaban J connectivity index is 0.00000127. The zero-order valence-corrected chi connectivity index (χ0v) is 14.5. The lowest BCUT2D eigenvalue weighted by atomic mass is 9.97. The number of nitrogens with zero attached hydrogens (tertiary/aromatic N) is 2. The van der Waals surface area contributed by atoms with E-state index < -0.39 is 6.36 Å². The van der Waals surface area contributed by atoms with Crippen LogP contribution in [0, 0.1) is 0 Å². The van der Waals surface area contributed by atoms with Crippen molar-refractivity contribution in [1.82, 2.24) is 4.90 Å². The highest BCUT2D eigenvalue weighted by atomic mass is 19.4. The summed E-state index contributed by atoms with van der Waals surface area (Å²) in [6.07, 6.45) is -2.54. The molecule has 0 N–H and O–H groups in total. The number of rotatable bonds is 3. The topological polar surface area (TPSA) is 15.7 Å². The Bertz CT molecular complexity index is 462. The number of benzene rings is 1. The van der Waals surface area contributed by atoms with E-state index in [0.717, 1.165) is 25.1 Å². The third-order valence-electron chi connectivity index (χ3n) is 4.21. The fourth-order valence-electron chi connectivity index (χ4n) is 2.71. The van der Waals surface area contributed by atoms with E-state index in [2.05, 4.69) is 28.5 Å². The van der Waals surface area contributed by atoms with Crippen molar-refractivity contribution in [2.24, 2.45) is 0 Å². The summed E-state index contributed by atoms with van der Waals surface area (Å²) in [5.41, 5.74) is 0.909. The molecule has 0 bridgehead atoms. The van der Waals surface area contributed by atoms with E-state index in [4.69, 9.17) is 0 Å². The highest BCUT2D eigenvalue weighted by Crippen LogP contribution is 2.28. The third-order valence-corrected chi connectivity index (χ3v) is 4.21. The number of hydrogen-bond acceptors (Lipinski definition) is 3. The maximum Gasteiger partial charge on any atom is 0.573 e. The summed E-state index contributed by atoms with van der Waals surface area (Å²) in [6, 6.07) is 6.98. The second kappa shape index (κ2) is 8.43. The van der Waals surface area contributed by atoms with E-state index in [-0.39, 0.29) is 5.75 Å². The van der Waals surface area contributed by atoms with E-state index >= 15 is 0 Å². The first-order chi connectivity index (χ1) is 10.8. The Morgan fingerprint density at radius 2 is 1.74 bits per heavy atom. The molecule has 0 radical (unpaired) electrons. The van der Waals surface area contributed by atoms with E-state index in [1.54, 1.807) is 12.1 Å². The van der Waals surface area contributed by atoms with Crippen LogP contribution in [-0.2, 0) is 0 Å². The van der Waals surface area contributed by atoms with E-state index in [1.165, 1.54) is 12.1 Å². The van der Waals surface area contributed by atoms with Gasteiger partial charge in [0.25, 0.3) is 0 Å². The molecule has 132 valence electrons. The average molecular weight is 332 g/mol. The predicted octanol–water partition coefficient (Wildman–Crippen LogP) is 4.53. The quantitative estimate of drug-likeness (QED) is 0.809. The first-order valence-corrected chi connectivity index (χ1v) is 8.05. The summed E-state index contributed by atoms with van der Waals surface area (Å²) in [6.45, 7) is 7.23. The molecule has 0 amide bonds. The van der Waals surface area contributed by atoms with E-state index in [9.17, 15) is 13.2 Å². The summed E-state index contributed by atoms with van der Waals surface area (Å²) in [5.74, 6) is -0.184. The number of piperidine rings is 1. The summed E-state index contributed by atoms with van der Waals surface area (Å²) in [5, 5.41) is 0. The fourth-order valence-corrected chi connectivity index (χ4v) is 2.71. The molecular formula is C17H27F3N2O. The number of hydrogen-bond donors (Lipinski definition) is 0. The maximum absolute atomic E-state index is 12.1. The zero-order valence-electron chi connectivity index (χ0n) is 14.5. The van der Waals surface area contributed by atoms with Crippen molar-refractivity contribution in [3.8, 4) is 5.75 Å². The van der Waals surface area contributed by atoms with Crippen molar-refractivity contribution in [3.05, 3.63) is 24.3 Å². The Morgan fingerprint density at radius 3 is 2.22 bits per heavy atom. The van der Waals surface area contributed by atoms with Crippen molar-refractivity contribution in [1.29, 1.82) is 0 Å². The van der Waals surface area contributed by atoms with Gasteiger partial charge in [0.2, 0.25) is 0 Å². The Morgan fingerprint density at radius 1 is 1.17 bits per heavy atom. The summed E-state index contributed by atoms with van der Waals surface area (Å²) < 4.78 is 40.3. The minimum Gasteiger partial charge on any atom is -0.406 e. The second-order valence-electron chi connectivity index (χ2n) is 5.66. The van der Waals surface area contributed by atoms with Crippen LogP contribution in [0.25, 0.3) is 0 Å². The number of halogens is 3. The molecule has 2 rings (SSSR count). The van der Waals surface area contributed by atoms with Gasteiger partial charge in [-0.25, -0.2) is 0 Å². The molecule has 2 unspecified atom stereocenters. The molecule has 1 aliphatic heterocycles. The van der Waals surface area contributed by atoms with Crippen molar-refractivity contribution < 1.29 is 17.9 Å². The molecule has 23 heavy (non-hydrogen) atoms. The summed E-state index contributed by atoms with van der Waals surface area (Å²) in [4.78, 5) is 4.46. The lowest BCUT2D eigenvalue weighted by Crippen LogP contribution is -2.46. The molecule has 6 heteroatoms. The highest BCUT2D eigenvalue weighted by Gasteiger charge is 2.31. The van der Waals surface area contributed by atoms with Gasteiger partial charge in [0.15, 0.2) is 0 Å². The van der Waals surface area contributed by atoms with E-state index in [1.807, 2.05) is 20.9 Å². The van der Waals surface area contributed by atoms with Gasteiger partial charge >= 0.3 is 6.36 Å². The average Bonchev–Trinajstić information content (AvgIpc) is 2.50. The van der Waals surface area contributed by atoms with Crippen LogP contribution in [0.5, 0.6) is 5.75 Å². The minimum absolute atomic E-state index is 0.184. The molecule has 0 saturated carbocycles. The van der Waals surface area contributed by atoms with E-state index in [0.29, 0.717) is 12.1 Å². The van der Waals surface area contributed by atoms with Gasteiger partial charge in [0.05, 0.1) is 0 Å². The number of ether oxygens (including phenoxy) is 1. The first kappa shape index (κ1) is 19.6.